The Bertz CT molecular complexity index is 711. The summed E-state index contributed by atoms with van der Waals surface area (Å²) >= 11 is 0. The van der Waals surface area contributed by atoms with Crippen LogP contribution < -0.4 is 20.7 Å². The van der Waals surface area contributed by atoms with Crippen LogP contribution in [0.25, 0.3) is 0 Å². The van der Waals surface area contributed by atoms with Gasteiger partial charge in [-0.15, -0.1) is 24.8 Å². The predicted octanol–water partition coefficient (Wildman–Crippen LogP) is 3.63. The highest BCUT2D eigenvalue weighted by atomic mass is 35.5. The van der Waals surface area contributed by atoms with Gasteiger partial charge in [0.1, 0.15) is 11.9 Å². The Kier molecular flexibility index (Phi) is 11.2. The zero-order valence-corrected chi connectivity index (χ0v) is 18.1. The minimum atomic E-state index is -0.230. The van der Waals surface area contributed by atoms with Crippen LogP contribution >= 0.6 is 24.8 Å². The number of hydrogen-bond acceptors (Lipinski definition) is 5. The first kappa shape index (κ1) is 24.8. The lowest BCUT2D eigenvalue weighted by Gasteiger charge is -2.29. The van der Waals surface area contributed by atoms with E-state index in [1.165, 1.54) is 0 Å². The fourth-order valence-electron chi connectivity index (χ4n) is 2.94. The van der Waals surface area contributed by atoms with Gasteiger partial charge in [0.2, 0.25) is 0 Å². The summed E-state index contributed by atoms with van der Waals surface area (Å²) in [6, 6.07) is 11.1. The summed E-state index contributed by atoms with van der Waals surface area (Å²) in [6.45, 7) is 3.28. The summed E-state index contributed by atoms with van der Waals surface area (Å²) in [5.74, 6) is 0.844. The number of benzene rings is 1. The highest BCUT2D eigenvalue weighted by Crippen LogP contribution is 2.20. The van der Waals surface area contributed by atoms with E-state index in [9.17, 15) is 4.79 Å². The Morgan fingerprint density at radius 1 is 1.10 bits per heavy atom. The van der Waals surface area contributed by atoms with E-state index in [-0.39, 0.29) is 36.9 Å². The normalized spacial score (nSPS) is 14.1. The third-order valence-electron chi connectivity index (χ3n) is 4.48. The number of likely N-dealkylation sites (tertiary alicyclic amines) is 1. The first-order chi connectivity index (χ1) is 13.2. The molecule has 2 aromatic rings. The van der Waals surface area contributed by atoms with Crippen LogP contribution in [0.2, 0.25) is 0 Å². The van der Waals surface area contributed by atoms with E-state index in [2.05, 4.69) is 32.9 Å². The summed E-state index contributed by atoms with van der Waals surface area (Å²) in [7, 11) is 2.14. The first-order valence-electron chi connectivity index (χ1n) is 9.33. The number of carbonyl (C=O) groups is 1. The van der Waals surface area contributed by atoms with Gasteiger partial charge in [0.05, 0.1) is 5.69 Å². The van der Waals surface area contributed by atoms with Crippen LogP contribution in [0.5, 0.6) is 5.75 Å². The fraction of sp³-hybridized carbons (Fsp3) is 0.400. The molecule has 0 spiro atoms. The number of hydrogen-bond donors (Lipinski definition) is 3. The van der Waals surface area contributed by atoms with Gasteiger partial charge in [0.25, 0.3) is 0 Å². The van der Waals surface area contributed by atoms with Crippen molar-refractivity contribution in [2.24, 2.45) is 0 Å². The van der Waals surface area contributed by atoms with E-state index in [0.29, 0.717) is 13.1 Å². The number of aromatic nitrogens is 1. The van der Waals surface area contributed by atoms with Crippen LogP contribution in [-0.2, 0) is 0 Å². The Hall–Kier alpha value is -2.22. The zero-order valence-electron chi connectivity index (χ0n) is 16.5. The smallest absolute Gasteiger partial charge is 0.319 e. The Morgan fingerprint density at radius 2 is 1.83 bits per heavy atom. The largest absolute Gasteiger partial charge is 0.490 e. The van der Waals surface area contributed by atoms with Crippen molar-refractivity contribution in [3.05, 3.63) is 48.8 Å². The molecule has 7 nitrogen and oxygen atoms in total. The topological polar surface area (TPSA) is 78.5 Å². The van der Waals surface area contributed by atoms with Crippen molar-refractivity contribution in [1.82, 2.24) is 15.2 Å². The average molecular weight is 442 g/mol. The molecule has 0 atom stereocenters. The van der Waals surface area contributed by atoms with Crippen LogP contribution in [0.3, 0.4) is 0 Å². The maximum Gasteiger partial charge on any atom is 0.319 e. The molecule has 2 heterocycles. The summed E-state index contributed by atoms with van der Waals surface area (Å²) in [4.78, 5) is 18.3. The number of pyridine rings is 1. The monoisotopic (exact) mass is 441 g/mol. The number of amides is 2. The van der Waals surface area contributed by atoms with E-state index in [1.807, 2.05) is 36.4 Å². The number of ether oxygens (including phenoxy) is 1. The second-order valence-corrected chi connectivity index (χ2v) is 6.69. The average Bonchev–Trinajstić information content (AvgIpc) is 2.69. The number of nitrogens with zero attached hydrogens (tertiary/aromatic N) is 2. The van der Waals surface area contributed by atoms with Gasteiger partial charge in [-0.25, -0.2) is 4.79 Å². The number of halogens is 2. The lowest BCUT2D eigenvalue weighted by atomic mass is 10.1. The molecule has 29 heavy (non-hydrogen) atoms. The SMILES string of the molecule is CN1CCC(Oc2ccc(NC(=O)NCCNc3cccnc3)cc2)CC1.Cl.Cl. The minimum Gasteiger partial charge on any atom is -0.490 e. The highest BCUT2D eigenvalue weighted by molar-refractivity contribution is 5.89. The Balaban J connectivity index is 0.00000210. The molecule has 1 aromatic carbocycles. The van der Waals surface area contributed by atoms with Gasteiger partial charge in [-0.3, -0.25) is 4.98 Å². The first-order valence-corrected chi connectivity index (χ1v) is 9.33. The van der Waals surface area contributed by atoms with Crippen molar-refractivity contribution >= 4 is 42.2 Å². The van der Waals surface area contributed by atoms with Crippen LogP contribution in [0.1, 0.15) is 12.8 Å². The van der Waals surface area contributed by atoms with Gasteiger partial charge < -0.3 is 25.6 Å². The van der Waals surface area contributed by atoms with Gasteiger partial charge in [-0.05, 0) is 56.3 Å². The number of urea groups is 1. The molecule has 3 rings (SSSR count). The summed E-state index contributed by atoms with van der Waals surface area (Å²) in [6.07, 6.45) is 5.84. The van der Waals surface area contributed by atoms with Gasteiger partial charge >= 0.3 is 6.03 Å². The second-order valence-electron chi connectivity index (χ2n) is 6.69. The maximum absolute atomic E-state index is 12.0. The van der Waals surface area contributed by atoms with Gasteiger partial charge in [0.15, 0.2) is 0 Å². The number of piperidine rings is 1. The molecule has 0 saturated carbocycles. The molecule has 0 unspecified atom stereocenters. The highest BCUT2D eigenvalue weighted by Gasteiger charge is 2.17. The molecule has 2 amide bonds. The van der Waals surface area contributed by atoms with Crippen molar-refractivity contribution in [3.63, 3.8) is 0 Å². The van der Waals surface area contributed by atoms with E-state index >= 15 is 0 Å². The van der Waals surface area contributed by atoms with Gasteiger partial charge in [-0.1, -0.05) is 0 Å². The van der Waals surface area contributed by atoms with Crippen molar-refractivity contribution < 1.29 is 9.53 Å². The number of carbonyl (C=O) groups excluding carboxylic acids is 1. The molecule has 1 fully saturated rings. The minimum absolute atomic E-state index is 0. The number of rotatable bonds is 7. The summed E-state index contributed by atoms with van der Waals surface area (Å²) < 4.78 is 6.02. The molecular weight excluding hydrogens is 413 g/mol. The quantitative estimate of drug-likeness (QED) is 0.571. The molecule has 0 bridgehead atoms. The molecule has 0 radical (unpaired) electrons. The van der Waals surface area contributed by atoms with E-state index < -0.39 is 0 Å². The lowest BCUT2D eigenvalue weighted by molar-refractivity contribution is 0.114. The van der Waals surface area contributed by atoms with E-state index in [4.69, 9.17) is 4.74 Å². The zero-order chi connectivity index (χ0) is 18.9. The Labute approximate surface area is 184 Å². The number of anilines is 2. The third kappa shape index (κ3) is 8.77. The molecule has 9 heteroatoms. The standard InChI is InChI=1S/C20H27N5O2.2ClH/c1-25-13-8-19(9-14-25)27-18-6-4-16(5-7-18)24-20(26)23-12-11-22-17-3-2-10-21-15-17;;/h2-7,10,15,19,22H,8-9,11-14H2,1H3,(H2,23,24,26);2*1H. The second kappa shape index (κ2) is 13.1. The third-order valence-corrected chi connectivity index (χ3v) is 4.48. The molecule has 1 saturated heterocycles. The van der Waals surface area contributed by atoms with Crippen LogP contribution in [0.4, 0.5) is 16.2 Å². The van der Waals surface area contributed by atoms with E-state index in [1.54, 1.807) is 12.4 Å². The molecule has 3 N–H and O–H groups in total. The van der Waals surface area contributed by atoms with Gasteiger partial charge in [0, 0.05) is 44.3 Å². The van der Waals surface area contributed by atoms with Crippen molar-refractivity contribution in [2.75, 3.05) is 43.9 Å². The number of nitrogens with one attached hydrogen (secondary N) is 3. The van der Waals surface area contributed by atoms with Crippen molar-refractivity contribution in [3.8, 4) is 5.75 Å². The molecule has 160 valence electrons. The molecule has 0 aliphatic carbocycles. The maximum atomic E-state index is 12.0. The molecule has 1 aromatic heterocycles. The summed E-state index contributed by atoms with van der Waals surface area (Å²) in [5, 5.41) is 8.83. The summed E-state index contributed by atoms with van der Waals surface area (Å²) in [5.41, 5.74) is 1.67. The van der Waals surface area contributed by atoms with E-state index in [0.717, 1.165) is 43.1 Å². The van der Waals surface area contributed by atoms with Crippen LogP contribution in [-0.4, -0.2) is 55.2 Å². The van der Waals surface area contributed by atoms with Crippen molar-refractivity contribution in [2.45, 2.75) is 18.9 Å². The Morgan fingerprint density at radius 3 is 2.48 bits per heavy atom. The van der Waals surface area contributed by atoms with Crippen molar-refractivity contribution in [1.29, 1.82) is 0 Å². The predicted molar refractivity (Wildman–Crippen MR) is 122 cm³/mol. The molecular formula is C20H29Cl2N5O2. The molecule has 1 aliphatic heterocycles. The lowest BCUT2D eigenvalue weighted by Crippen LogP contribution is -2.35. The van der Waals surface area contributed by atoms with Crippen LogP contribution in [0.15, 0.2) is 48.8 Å². The molecule has 1 aliphatic rings. The van der Waals surface area contributed by atoms with Gasteiger partial charge in [-0.2, -0.15) is 0 Å². The van der Waals surface area contributed by atoms with Crippen LogP contribution in [0, 0.1) is 0 Å². The fourth-order valence-corrected chi connectivity index (χ4v) is 2.94.